The van der Waals surface area contributed by atoms with Crippen molar-refractivity contribution in [2.45, 2.75) is 45.1 Å². The Morgan fingerprint density at radius 2 is 1.60 bits per heavy atom. The van der Waals surface area contributed by atoms with Crippen LogP contribution < -0.4 is 10.8 Å². The second-order valence-electron chi connectivity index (χ2n) is 11.1. The van der Waals surface area contributed by atoms with Gasteiger partial charge in [0.2, 0.25) is 0 Å². The van der Waals surface area contributed by atoms with Crippen LogP contribution in [0.2, 0.25) is 0 Å². The highest BCUT2D eigenvalue weighted by Crippen LogP contribution is 2.59. The number of benzene rings is 2. The summed E-state index contributed by atoms with van der Waals surface area (Å²) in [6.45, 7) is 1.06. The standard InChI is InChI=1S/C28H30FN3O3/c29-24-11-22(27(34)31-35)1-2-23(24)15-32-6-5-20-10-21(3-4-25(20)32)26(33)30-16-28-12-17-7-18(13-28)9-19(8-17)14-28/h1-6,10-11,17-19,35H,7-9,12-16H2,(H,30,33)(H,31,34). The highest BCUT2D eigenvalue weighted by molar-refractivity contribution is 5.98. The van der Waals surface area contributed by atoms with Gasteiger partial charge < -0.3 is 9.88 Å². The maximum Gasteiger partial charge on any atom is 0.274 e. The Bertz CT molecular complexity index is 1280. The van der Waals surface area contributed by atoms with E-state index in [1.807, 2.05) is 35.0 Å². The van der Waals surface area contributed by atoms with Gasteiger partial charge in [0.05, 0.1) is 6.54 Å². The quantitative estimate of drug-likeness (QED) is 0.351. The number of rotatable bonds is 6. The molecular formula is C28H30FN3O3. The fourth-order valence-corrected chi connectivity index (χ4v) is 7.42. The summed E-state index contributed by atoms with van der Waals surface area (Å²) in [5.74, 6) is 1.29. The second kappa shape index (κ2) is 8.48. The number of hydrogen-bond donors (Lipinski definition) is 3. The Labute approximate surface area is 203 Å². The second-order valence-corrected chi connectivity index (χ2v) is 11.1. The lowest BCUT2D eigenvalue weighted by atomic mass is 9.49. The molecule has 3 N–H and O–H groups in total. The fraction of sp³-hybridized carbons (Fsp3) is 0.429. The van der Waals surface area contributed by atoms with Gasteiger partial charge in [0.1, 0.15) is 5.82 Å². The molecule has 2 amide bonds. The van der Waals surface area contributed by atoms with E-state index in [4.69, 9.17) is 5.21 Å². The molecule has 1 aromatic heterocycles. The summed E-state index contributed by atoms with van der Waals surface area (Å²) in [5, 5.41) is 12.9. The smallest absolute Gasteiger partial charge is 0.274 e. The Morgan fingerprint density at radius 1 is 0.943 bits per heavy atom. The van der Waals surface area contributed by atoms with E-state index in [0.717, 1.165) is 41.3 Å². The van der Waals surface area contributed by atoms with Crippen LogP contribution in [0.5, 0.6) is 0 Å². The normalized spacial score (nSPS) is 26.7. The molecule has 4 bridgehead atoms. The Kier molecular flexibility index (Phi) is 5.40. The molecule has 35 heavy (non-hydrogen) atoms. The van der Waals surface area contributed by atoms with Crippen molar-refractivity contribution in [3.8, 4) is 0 Å². The molecule has 4 saturated carbocycles. The molecule has 4 fully saturated rings. The van der Waals surface area contributed by atoms with E-state index in [2.05, 4.69) is 5.32 Å². The number of halogens is 1. The molecule has 0 aliphatic heterocycles. The number of hydroxylamine groups is 1. The third-order valence-corrected chi connectivity index (χ3v) is 8.58. The summed E-state index contributed by atoms with van der Waals surface area (Å²) >= 11 is 0. The van der Waals surface area contributed by atoms with Gasteiger partial charge in [-0.05, 0) is 98.1 Å². The number of amides is 2. The number of nitrogens with one attached hydrogen (secondary N) is 2. The highest BCUT2D eigenvalue weighted by Gasteiger charge is 2.50. The highest BCUT2D eigenvalue weighted by atomic mass is 19.1. The van der Waals surface area contributed by atoms with Gasteiger partial charge in [-0.25, -0.2) is 9.87 Å². The lowest BCUT2D eigenvalue weighted by molar-refractivity contribution is -0.0503. The van der Waals surface area contributed by atoms with Crippen molar-refractivity contribution in [3.05, 3.63) is 71.2 Å². The maximum absolute atomic E-state index is 14.5. The third-order valence-electron chi connectivity index (χ3n) is 8.58. The molecule has 3 aromatic rings. The first-order chi connectivity index (χ1) is 16.9. The van der Waals surface area contributed by atoms with Crippen LogP contribution in [0.25, 0.3) is 10.9 Å². The van der Waals surface area contributed by atoms with Crippen molar-refractivity contribution in [1.82, 2.24) is 15.4 Å². The van der Waals surface area contributed by atoms with E-state index in [0.29, 0.717) is 16.5 Å². The van der Waals surface area contributed by atoms with Crippen molar-refractivity contribution in [3.63, 3.8) is 0 Å². The first-order valence-electron chi connectivity index (χ1n) is 12.5. The monoisotopic (exact) mass is 475 g/mol. The number of carbonyl (C=O) groups is 2. The third kappa shape index (κ3) is 4.12. The zero-order valence-electron chi connectivity index (χ0n) is 19.6. The summed E-state index contributed by atoms with van der Waals surface area (Å²) in [4.78, 5) is 24.5. The average molecular weight is 476 g/mol. The number of hydrogen-bond acceptors (Lipinski definition) is 3. The molecule has 7 rings (SSSR count). The summed E-state index contributed by atoms with van der Waals surface area (Å²) in [5.41, 5.74) is 3.83. The van der Waals surface area contributed by atoms with Gasteiger partial charge in [0.15, 0.2) is 0 Å². The van der Waals surface area contributed by atoms with Crippen LogP contribution in [0.15, 0.2) is 48.7 Å². The van der Waals surface area contributed by atoms with Crippen molar-refractivity contribution in [2.24, 2.45) is 23.2 Å². The van der Waals surface area contributed by atoms with E-state index >= 15 is 0 Å². The minimum atomic E-state index is -0.754. The molecule has 7 heteroatoms. The summed E-state index contributed by atoms with van der Waals surface area (Å²) in [7, 11) is 0. The zero-order valence-corrected chi connectivity index (χ0v) is 19.6. The van der Waals surface area contributed by atoms with Gasteiger partial charge >= 0.3 is 0 Å². The van der Waals surface area contributed by atoms with Gasteiger partial charge in [-0.15, -0.1) is 0 Å². The van der Waals surface area contributed by atoms with Crippen LogP contribution >= 0.6 is 0 Å². The van der Waals surface area contributed by atoms with Crippen molar-refractivity contribution >= 4 is 22.7 Å². The van der Waals surface area contributed by atoms with Crippen molar-refractivity contribution in [2.75, 3.05) is 6.54 Å². The van der Waals surface area contributed by atoms with Crippen LogP contribution in [-0.2, 0) is 6.54 Å². The summed E-state index contributed by atoms with van der Waals surface area (Å²) in [6, 6.07) is 11.7. The molecule has 0 atom stereocenters. The Morgan fingerprint density at radius 3 is 2.26 bits per heavy atom. The van der Waals surface area contributed by atoms with Gasteiger partial charge in [0, 0.05) is 40.3 Å². The molecule has 0 saturated heterocycles. The van der Waals surface area contributed by atoms with E-state index in [1.54, 1.807) is 0 Å². The molecule has 6 nitrogen and oxygen atoms in total. The predicted molar refractivity (Wildman–Crippen MR) is 130 cm³/mol. The van der Waals surface area contributed by atoms with Gasteiger partial charge in [-0.2, -0.15) is 0 Å². The first-order valence-corrected chi connectivity index (χ1v) is 12.5. The molecular weight excluding hydrogens is 445 g/mol. The lowest BCUT2D eigenvalue weighted by Crippen LogP contribution is -2.51. The maximum atomic E-state index is 14.5. The first kappa shape index (κ1) is 22.3. The van der Waals surface area contributed by atoms with E-state index in [-0.39, 0.29) is 18.0 Å². The Balaban J connectivity index is 1.15. The molecule has 182 valence electrons. The molecule has 0 radical (unpaired) electrons. The molecule has 2 aromatic carbocycles. The molecule has 0 spiro atoms. The van der Waals surface area contributed by atoms with Gasteiger partial charge in [0.25, 0.3) is 11.8 Å². The topological polar surface area (TPSA) is 83.4 Å². The predicted octanol–water partition coefficient (Wildman–Crippen LogP) is 4.89. The number of carbonyl (C=O) groups excluding carboxylic acids is 2. The molecule has 0 unspecified atom stereocenters. The SMILES string of the molecule is O=C(NO)c1ccc(Cn2ccc3cc(C(=O)NCC45CC6CC(CC(C6)C4)C5)ccc32)c(F)c1. The van der Waals surface area contributed by atoms with Gasteiger partial charge in [-0.1, -0.05) is 6.07 Å². The van der Waals surface area contributed by atoms with E-state index in [1.165, 1.54) is 56.1 Å². The van der Waals surface area contributed by atoms with Crippen LogP contribution in [0.3, 0.4) is 0 Å². The van der Waals surface area contributed by atoms with Gasteiger partial charge in [-0.3, -0.25) is 14.8 Å². The summed E-state index contributed by atoms with van der Waals surface area (Å²) < 4.78 is 16.4. The average Bonchev–Trinajstić information content (AvgIpc) is 3.24. The van der Waals surface area contributed by atoms with E-state index < -0.39 is 11.7 Å². The molecule has 1 heterocycles. The minimum Gasteiger partial charge on any atom is -0.351 e. The van der Waals surface area contributed by atoms with Crippen LogP contribution in [0.4, 0.5) is 4.39 Å². The number of nitrogens with zero attached hydrogens (tertiary/aromatic N) is 1. The van der Waals surface area contributed by atoms with Crippen LogP contribution in [0.1, 0.15) is 64.8 Å². The zero-order chi connectivity index (χ0) is 24.2. The largest absolute Gasteiger partial charge is 0.351 e. The lowest BCUT2D eigenvalue weighted by Gasteiger charge is -2.56. The van der Waals surface area contributed by atoms with Crippen LogP contribution in [-0.4, -0.2) is 28.1 Å². The number of fused-ring (bicyclic) bond motifs is 1. The fourth-order valence-electron chi connectivity index (χ4n) is 7.42. The van der Waals surface area contributed by atoms with Crippen molar-refractivity contribution < 1.29 is 19.2 Å². The molecule has 4 aliphatic carbocycles. The summed E-state index contributed by atoms with van der Waals surface area (Å²) in [6.07, 6.45) is 9.86. The van der Waals surface area contributed by atoms with Crippen molar-refractivity contribution in [1.29, 1.82) is 0 Å². The van der Waals surface area contributed by atoms with E-state index in [9.17, 15) is 14.0 Å². The van der Waals surface area contributed by atoms with Crippen LogP contribution in [0, 0.1) is 29.0 Å². The molecule has 4 aliphatic rings. The Hall–Kier alpha value is -3.19. The number of aromatic nitrogens is 1. The minimum absolute atomic E-state index is 0.0285.